The molecular formula is C15H13F2NO. The van der Waals surface area contributed by atoms with Crippen LogP contribution in [0.4, 0.5) is 14.5 Å². The van der Waals surface area contributed by atoms with Crippen molar-refractivity contribution in [2.45, 2.75) is 13.3 Å². The van der Waals surface area contributed by atoms with E-state index in [1.165, 1.54) is 0 Å². The summed E-state index contributed by atoms with van der Waals surface area (Å²) in [6, 6.07) is 10.0. The number of carbonyl (C=O) groups excluding carboxylic acids is 1. The third-order valence-corrected chi connectivity index (χ3v) is 2.77. The molecule has 2 nitrogen and oxygen atoms in total. The van der Waals surface area contributed by atoms with Crippen LogP contribution in [0.1, 0.15) is 22.8 Å². The molecule has 0 aromatic heterocycles. The Labute approximate surface area is 110 Å². The lowest BCUT2D eigenvalue weighted by Gasteiger charge is -2.07. The minimum Gasteiger partial charge on any atom is -0.322 e. The van der Waals surface area contributed by atoms with Crippen LogP contribution in [0.2, 0.25) is 0 Å². The number of halogens is 2. The molecule has 0 saturated heterocycles. The molecule has 1 amide bonds. The second-order valence-corrected chi connectivity index (χ2v) is 4.13. The number of anilines is 1. The van der Waals surface area contributed by atoms with Gasteiger partial charge in [-0.25, -0.2) is 8.78 Å². The van der Waals surface area contributed by atoms with E-state index in [-0.39, 0.29) is 5.56 Å². The van der Waals surface area contributed by atoms with E-state index >= 15 is 0 Å². The van der Waals surface area contributed by atoms with Crippen molar-refractivity contribution in [3.63, 3.8) is 0 Å². The monoisotopic (exact) mass is 261 g/mol. The predicted octanol–water partition coefficient (Wildman–Crippen LogP) is 3.78. The maximum atomic E-state index is 13.4. The lowest BCUT2D eigenvalue weighted by molar-refractivity contribution is 0.102. The third kappa shape index (κ3) is 3.16. The molecule has 2 aromatic carbocycles. The Morgan fingerprint density at radius 3 is 2.68 bits per heavy atom. The summed E-state index contributed by atoms with van der Waals surface area (Å²) >= 11 is 0. The van der Waals surface area contributed by atoms with E-state index in [0.717, 1.165) is 30.2 Å². The van der Waals surface area contributed by atoms with Crippen LogP contribution >= 0.6 is 0 Å². The van der Waals surface area contributed by atoms with E-state index in [2.05, 4.69) is 5.32 Å². The van der Waals surface area contributed by atoms with Gasteiger partial charge in [-0.2, -0.15) is 0 Å². The quantitative estimate of drug-likeness (QED) is 0.895. The van der Waals surface area contributed by atoms with Gasteiger partial charge in [-0.15, -0.1) is 0 Å². The van der Waals surface area contributed by atoms with Gasteiger partial charge in [0.25, 0.3) is 5.91 Å². The second-order valence-electron chi connectivity index (χ2n) is 4.13. The van der Waals surface area contributed by atoms with Crippen molar-refractivity contribution in [2.24, 2.45) is 0 Å². The molecule has 0 saturated carbocycles. The highest BCUT2D eigenvalue weighted by Gasteiger charge is 2.13. The van der Waals surface area contributed by atoms with E-state index in [1.54, 1.807) is 18.2 Å². The summed E-state index contributed by atoms with van der Waals surface area (Å²) in [4.78, 5) is 11.9. The molecule has 0 aliphatic carbocycles. The second kappa shape index (κ2) is 5.61. The van der Waals surface area contributed by atoms with Gasteiger partial charge in [-0.3, -0.25) is 4.79 Å². The summed E-state index contributed by atoms with van der Waals surface area (Å²) in [5, 5.41) is 2.56. The zero-order valence-corrected chi connectivity index (χ0v) is 10.4. The summed E-state index contributed by atoms with van der Waals surface area (Å²) in [5.74, 6) is -2.05. The number of nitrogens with one attached hydrogen (secondary N) is 1. The number of amides is 1. The zero-order valence-electron chi connectivity index (χ0n) is 10.4. The number of aryl methyl sites for hydroxylation is 1. The Bertz CT molecular complexity index is 611. The lowest BCUT2D eigenvalue weighted by atomic mass is 10.1. The van der Waals surface area contributed by atoms with Crippen LogP contribution < -0.4 is 5.32 Å². The normalized spacial score (nSPS) is 10.3. The van der Waals surface area contributed by atoms with Crippen LogP contribution in [0.5, 0.6) is 0 Å². The average Bonchev–Trinajstić information content (AvgIpc) is 2.41. The molecule has 0 heterocycles. The molecule has 0 radical (unpaired) electrons. The van der Waals surface area contributed by atoms with Crippen molar-refractivity contribution in [1.82, 2.24) is 0 Å². The number of benzene rings is 2. The average molecular weight is 261 g/mol. The summed E-state index contributed by atoms with van der Waals surface area (Å²) < 4.78 is 26.5. The van der Waals surface area contributed by atoms with Crippen LogP contribution in [0.15, 0.2) is 42.5 Å². The minimum absolute atomic E-state index is 0.304. The molecule has 0 atom stereocenters. The van der Waals surface area contributed by atoms with E-state index in [0.29, 0.717) is 5.69 Å². The molecule has 0 spiro atoms. The maximum Gasteiger partial charge on any atom is 0.258 e. The molecule has 0 bridgehead atoms. The molecule has 2 rings (SSSR count). The zero-order chi connectivity index (χ0) is 13.8. The highest BCUT2D eigenvalue weighted by molar-refractivity contribution is 6.04. The van der Waals surface area contributed by atoms with Crippen LogP contribution in [0.3, 0.4) is 0 Å². The molecule has 0 fully saturated rings. The third-order valence-electron chi connectivity index (χ3n) is 2.77. The van der Waals surface area contributed by atoms with Crippen molar-refractivity contribution < 1.29 is 13.6 Å². The smallest absolute Gasteiger partial charge is 0.258 e. The summed E-state index contributed by atoms with van der Waals surface area (Å²) in [6.45, 7) is 1.99. The van der Waals surface area contributed by atoms with Gasteiger partial charge in [0.2, 0.25) is 0 Å². The molecule has 2 aromatic rings. The van der Waals surface area contributed by atoms with Gasteiger partial charge in [-0.1, -0.05) is 19.1 Å². The Morgan fingerprint density at radius 1 is 1.16 bits per heavy atom. The lowest BCUT2D eigenvalue weighted by Crippen LogP contribution is -2.14. The van der Waals surface area contributed by atoms with Crippen molar-refractivity contribution in [3.8, 4) is 0 Å². The van der Waals surface area contributed by atoms with Crippen LogP contribution in [0, 0.1) is 11.6 Å². The van der Waals surface area contributed by atoms with Gasteiger partial charge < -0.3 is 5.32 Å². The fourth-order valence-corrected chi connectivity index (χ4v) is 1.74. The molecule has 19 heavy (non-hydrogen) atoms. The number of carbonyl (C=O) groups is 1. The fourth-order valence-electron chi connectivity index (χ4n) is 1.74. The van der Waals surface area contributed by atoms with Crippen molar-refractivity contribution in [1.29, 1.82) is 0 Å². The van der Waals surface area contributed by atoms with Crippen molar-refractivity contribution in [3.05, 3.63) is 65.2 Å². The van der Waals surface area contributed by atoms with Crippen molar-refractivity contribution in [2.75, 3.05) is 5.32 Å². The molecule has 98 valence electrons. The van der Waals surface area contributed by atoms with Gasteiger partial charge in [-0.05, 0) is 42.3 Å². The Balaban J connectivity index is 2.23. The predicted molar refractivity (Wildman–Crippen MR) is 70.1 cm³/mol. The first-order valence-corrected chi connectivity index (χ1v) is 5.95. The standard InChI is InChI=1S/C15H13F2NO/c1-2-10-4-3-5-12(8-10)18-15(19)13-9-11(16)6-7-14(13)17/h3-9H,2H2,1H3,(H,18,19). The van der Waals surface area contributed by atoms with E-state index < -0.39 is 17.5 Å². The van der Waals surface area contributed by atoms with Crippen molar-refractivity contribution >= 4 is 11.6 Å². The fraction of sp³-hybridized carbons (Fsp3) is 0.133. The first kappa shape index (κ1) is 13.2. The maximum absolute atomic E-state index is 13.4. The number of rotatable bonds is 3. The number of hydrogen-bond donors (Lipinski definition) is 1. The Hall–Kier alpha value is -2.23. The minimum atomic E-state index is -0.745. The molecular weight excluding hydrogens is 248 g/mol. The highest BCUT2D eigenvalue weighted by Crippen LogP contribution is 2.15. The molecule has 0 aliphatic heterocycles. The van der Waals surface area contributed by atoms with Crippen LogP contribution in [-0.2, 0) is 6.42 Å². The summed E-state index contributed by atoms with van der Waals surface area (Å²) in [5.41, 5.74) is 1.31. The first-order valence-electron chi connectivity index (χ1n) is 5.95. The van der Waals surface area contributed by atoms with Gasteiger partial charge in [0.1, 0.15) is 11.6 Å². The SMILES string of the molecule is CCc1cccc(NC(=O)c2cc(F)ccc2F)c1. The topological polar surface area (TPSA) is 29.1 Å². The largest absolute Gasteiger partial charge is 0.322 e. The Morgan fingerprint density at radius 2 is 1.95 bits per heavy atom. The van der Waals surface area contributed by atoms with Crippen LogP contribution in [0.25, 0.3) is 0 Å². The summed E-state index contributed by atoms with van der Waals surface area (Å²) in [7, 11) is 0. The van der Waals surface area contributed by atoms with Crippen LogP contribution in [-0.4, -0.2) is 5.91 Å². The van der Waals surface area contributed by atoms with E-state index in [9.17, 15) is 13.6 Å². The highest BCUT2D eigenvalue weighted by atomic mass is 19.1. The molecule has 0 aliphatic rings. The van der Waals surface area contributed by atoms with Gasteiger partial charge in [0.15, 0.2) is 0 Å². The van der Waals surface area contributed by atoms with Gasteiger partial charge in [0, 0.05) is 5.69 Å². The van der Waals surface area contributed by atoms with E-state index in [1.807, 2.05) is 13.0 Å². The Kier molecular flexibility index (Phi) is 3.90. The molecule has 1 N–H and O–H groups in total. The first-order chi connectivity index (χ1) is 9.10. The summed E-state index contributed by atoms with van der Waals surface area (Å²) in [6.07, 6.45) is 0.831. The van der Waals surface area contributed by atoms with E-state index in [4.69, 9.17) is 0 Å². The number of hydrogen-bond acceptors (Lipinski definition) is 1. The molecule has 0 unspecified atom stereocenters. The van der Waals surface area contributed by atoms with Gasteiger partial charge in [0.05, 0.1) is 5.56 Å². The molecule has 4 heteroatoms. The van der Waals surface area contributed by atoms with Gasteiger partial charge >= 0.3 is 0 Å².